The van der Waals surface area contributed by atoms with Crippen molar-refractivity contribution in [3.8, 4) is 11.4 Å². The average Bonchev–Trinajstić information content (AvgIpc) is 3.05. The number of hydrogen-bond donors (Lipinski definition) is 1. The van der Waals surface area contributed by atoms with Crippen molar-refractivity contribution in [2.75, 3.05) is 5.75 Å². The number of rotatable bonds is 5. The lowest BCUT2D eigenvalue weighted by Crippen LogP contribution is -2.20. The maximum absolute atomic E-state index is 13.3. The number of amides is 1. The van der Waals surface area contributed by atoms with Crippen molar-refractivity contribution in [3.63, 3.8) is 0 Å². The van der Waals surface area contributed by atoms with Crippen LogP contribution in [-0.4, -0.2) is 21.0 Å². The lowest BCUT2D eigenvalue weighted by Gasteiger charge is -2.13. The van der Waals surface area contributed by atoms with Crippen molar-refractivity contribution in [3.05, 3.63) is 94.8 Å². The fraction of sp³-hybridized carbons (Fsp3) is 0.0909. The number of aromatic nitrogens is 2. The predicted octanol–water partition coefficient (Wildman–Crippen LogP) is 4.18. The molecule has 0 saturated carbocycles. The van der Waals surface area contributed by atoms with E-state index in [1.807, 2.05) is 78.3 Å². The van der Waals surface area contributed by atoms with Gasteiger partial charge in [0.1, 0.15) is 0 Å². The van der Waals surface area contributed by atoms with Gasteiger partial charge in [-0.1, -0.05) is 55.3 Å². The summed E-state index contributed by atoms with van der Waals surface area (Å²) in [6.07, 6.45) is 0. The molecule has 0 spiro atoms. The van der Waals surface area contributed by atoms with Gasteiger partial charge in [0.05, 0.1) is 22.3 Å². The van der Waals surface area contributed by atoms with Gasteiger partial charge < -0.3 is 0 Å². The van der Waals surface area contributed by atoms with E-state index >= 15 is 0 Å². The van der Waals surface area contributed by atoms with Crippen molar-refractivity contribution >= 4 is 28.8 Å². The molecule has 28 heavy (non-hydrogen) atoms. The third-order valence-corrected chi connectivity index (χ3v) is 5.04. The van der Waals surface area contributed by atoms with Gasteiger partial charge in [-0.25, -0.2) is 9.36 Å². The highest BCUT2D eigenvalue weighted by Gasteiger charge is 2.18. The van der Waals surface area contributed by atoms with Crippen LogP contribution in [0.4, 0.5) is 0 Å². The molecule has 1 N–H and O–H groups in total. The van der Waals surface area contributed by atoms with Gasteiger partial charge in [-0.3, -0.25) is 14.3 Å². The first-order valence-corrected chi connectivity index (χ1v) is 10.00. The largest absolute Gasteiger partial charge is 0.296 e. The Morgan fingerprint density at radius 3 is 2.11 bits per heavy atom. The van der Waals surface area contributed by atoms with Crippen LogP contribution in [0.2, 0.25) is 0 Å². The first kappa shape index (κ1) is 18.1. The zero-order chi connectivity index (χ0) is 19.5. The summed E-state index contributed by atoms with van der Waals surface area (Å²) in [7, 11) is 0. The van der Waals surface area contributed by atoms with Crippen molar-refractivity contribution < 1.29 is 4.79 Å². The van der Waals surface area contributed by atoms with Crippen molar-refractivity contribution in [2.24, 2.45) is 0 Å². The molecule has 1 amide bonds. The van der Waals surface area contributed by atoms with Crippen LogP contribution in [0.25, 0.3) is 22.3 Å². The van der Waals surface area contributed by atoms with Crippen LogP contribution in [0.5, 0.6) is 0 Å². The summed E-state index contributed by atoms with van der Waals surface area (Å²) in [5, 5.41) is 0.502. The van der Waals surface area contributed by atoms with E-state index in [2.05, 4.69) is 4.72 Å². The number of carbonyl (C=O) groups is 1. The number of fused-ring (bicyclic) bond motifs is 1. The molecule has 140 valence electrons. The van der Waals surface area contributed by atoms with Crippen LogP contribution in [0.3, 0.4) is 0 Å². The summed E-state index contributed by atoms with van der Waals surface area (Å²) in [6.45, 7) is 1.96. The molecule has 0 radical (unpaired) electrons. The summed E-state index contributed by atoms with van der Waals surface area (Å²) in [5.74, 6) is 0.575. The minimum Gasteiger partial charge on any atom is -0.296 e. The minimum absolute atomic E-state index is 0.164. The number of nitrogens with one attached hydrogen (secondary N) is 1. The average molecular weight is 389 g/mol. The monoisotopic (exact) mass is 389 g/mol. The SMILES string of the molecule is CCSNC(=O)c1ccc2c(c1)c(=O)n(-c1ccccc1)n2-c1ccccc1. The lowest BCUT2D eigenvalue weighted by molar-refractivity contribution is 0.0984. The van der Waals surface area contributed by atoms with Gasteiger partial charge in [0.15, 0.2) is 0 Å². The van der Waals surface area contributed by atoms with Gasteiger partial charge in [-0.2, -0.15) is 0 Å². The van der Waals surface area contributed by atoms with Gasteiger partial charge in [-0.15, -0.1) is 0 Å². The number of carbonyl (C=O) groups excluding carboxylic acids is 1. The highest BCUT2D eigenvalue weighted by atomic mass is 32.2. The summed E-state index contributed by atoms with van der Waals surface area (Å²) >= 11 is 1.33. The Kier molecular flexibility index (Phi) is 5.04. The number of hydrogen-bond acceptors (Lipinski definition) is 3. The highest BCUT2D eigenvalue weighted by molar-refractivity contribution is 7.97. The first-order valence-electron chi connectivity index (χ1n) is 9.01. The normalized spacial score (nSPS) is 10.9. The van der Waals surface area contributed by atoms with E-state index in [0.717, 1.165) is 22.6 Å². The first-order chi connectivity index (χ1) is 13.7. The molecule has 1 aromatic heterocycles. The van der Waals surface area contributed by atoms with Gasteiger partial charge in [0.25, 0.3) is 11.5 Å². The fourth-order valence-electron chi connectivity index (χ4n) is 3.17. The van der Waals surface area contributed by atoms with Crippen LogP contribution >= 0.6 is 11.9 Å². The molecule has 0 fully saturated rings. The molecule has 1 heterocycles. The van der Waals surface area contributed by atoms with E-state index in [4.69, 9.17) is 0 Å². The molecular formula is C22H19N3O2S. The van der Waals surface area contributed by atoms with Crippen LogP contribution in [-0.2, 0) is 0 Å². The minimum atomic E-state index is -0.202. The van der Waals surface area contributed by atoms with Gasteiger partial charge >= 0.3 is 0 Å². The maximum Gasteiger partial charge on any atom is 0.279 e. The molecular weight excluding hydrogens is 370 g/mol. The highest BCUT2D eigenvalue weighted by Crippen LogP contribution is 2.21. The molecule has 3 aromatic carbocycles. The molecule has 5 nitrogen and oxygen atoms in total. The van der Waals surface area contributed by atoms with E-state index in [0.29, 0.717) is 10.9 Å². The molecule has 4 rings (SSSR count). The van der Waals surface area contributed by atoms with Crippen molar-refractivity contribution in [1.29, 1.82) is 0 Å². The molecule has 0 aliphatic rings. The van der Waals surface area contributed by atoms with E-state index in [9.17, 15) is 9.59 Å². The Morgan fingerprint density at radius 2 is 1.50 bits per heavy atom. The van der Waals surface area contributed by atoms with Crippen molar-refractivity contribution in [1.82, 2.24) is 14.1 Å². The van der Waals surface area contributed by atoms with E-state index < -0.39 is 0 Å². The molecule has 0 aliphatic carbocycles. The zero-order valence-electron chi connectivity index (χ0n) is 15.3. The molecule has 0 saturated heterocycles. The van der Waals surface area contributed by atoms with Gasteiger partial charge in [0.2, 0.25) is 0 Å². The van der Waals surface area contributed by atoms with E-state index in [1.54, 1.807) is 16.8 Å². The molecule has 0 aliphatic heterocycles. The Balaban J connectivity index is 1.97. The quantitative estimate of drug-likeness (QED) is 0.521. The summed E-state index contributed by atoms with van der Waals surface area (Å²) in [4.78, 5) is 25.7. The van der Waals surface area contributed by atoms with E-state index in [-0.39, 0.29) is 11.5 Å². The van der Waals surface area contributed by atoms with Crippen LogP contribution < -0.4 is 10.3 Å². The molecule has 4 aromatic rings. The fourth-order valence-corrected chi connectivity index (χ4v) is 3.56. The Bertz CT molecular complexity index is 1180. The predicted molar refractivity (Wildman–Crippen MR) is 114 cm³/mol. The van der Waals surface area contributed by atoms with Crippen LogP contribution in [0.15, 0.2) is 83.7 Å². The zero-order valence-corrected chi connectivity index (χ0v) is 16.1. The molecule has 6 heteroatoms. The molecule has 0 atom stereocenters. The number of para-hydroxylation sites is 2. The van der Waals surface area contributed by atoms with Gasteiger partial charge in [0, 0.05) is 11.3 Å². The molecule has 0 unspecified atom stereocenters. The standard InChI is InChI=1S/C22H19N3O2S/c1-2-28-23-21(26)16-13-14-20-19(15-16)22(27)25(18-11-7-4-8-12-18)24(20)17-9-5-3-6-10-17/h3-15H,2H2,1H3,(H,23,26). The Labute approximate surface area is 166 Å². The third-order valence-electron chi connectivity index (χ3n) is 4.42. The second-order valence-electron chi connectivity index (χ2n) is 6.20. The summed E-state index contributed by atoms with van der Waals surface area (Å²) < 4.78 is 6.31. The maximum atomic E-state index is 13.3. The Hall–Kier alpha value is -3.25. The van der Waals surface area contributed by atoms with Crippen molar-refractivity contribution in [2.45, 2.75) is 6.92 Å². The summed E-state index contributed by atoms with van der Waals surface area (Å²) in [6, 6.07) is 24.5. The Morgan fingerprint density at radius 1 is 0.893 bits per heavy atom. The number of nitrogens with zero attached hydrogens (tertiary/aromatic N) is 2. The van der Waals surface area contributed by atoms with Crippen LogP contribution in [0.1, 0.15) is 17.3 Å². The second-order valence-corrected chi connectivity index (χ2v) is 7.27. The number of benzene rings is 3. The van der Waals surface area contributed by atoms with Gasteiger partial charge in [-0.05, 0) is 42.5 Å². The smallest absolute Gasteiger partial charge is 0.279 e. The summed E-state index contributed by atoms with van der Waals surface area (Å²) in [5.41, 5.74) is 2.69. The lowest BCUT2D eigenvalue weighted by atomic mass is 10.1. The second kappa shape index (κ2) is 7.78. The van der Waals surface area contributed by atoms with E-state index in [1.165, 1.54) is 11.9 Å². The topological polar surface area (TPSA) is 56.0 Å². The third kappa shape index (κ3) is 3.23. The van der Waals surface area contributed by atoms with Crippen LogP contribution in [0, 0.1) is 0 Å². The molecule has 0 bridgehead atoms.